The Balaban J connectivity index is 1.92. The zero-order chi connectivity index (χ0) is 15.1. The Labute approximate surface area is 128 Å². The summed E-state index contributed by atoms with van der Waals surface area (Å²) in [6.07, 6.45) is 4.02. The van der Waals surface area contributed by atoms with Gasteiger partial charge >= 0.3 is 0 Å². The van der Waals surface area contributed by atoms with Crippen molar-refractivity contribution in [2.75, 3.05) is 6.54 Å². The summed E-state index contributed by atoms with van der Waals surface area (Å²) < 4.78 is 2.04. The Morgan fingerprint density at radius 3 is 2.67 bits per heavy atom. The van der Waals surface area contributed by atoms with Gasteiger partial charge in [0.25, 0.3) is 5.91 Å². The second-order valence-corrected chi connectivity index (χ2v) is 6.86. The first-order chi connectivity index (χ1) is 9.97. The normalized spacial score (nSPS) is 18.5. The van der Waals surface area contributed by atoms with E-state index in [9.17, 15) is 4.79 Å². The van der Waals surface area contributed by atoms with Gasteiger partial charge < -0.3 is 9.47 Å². The first-order valence-corrected chi connectivity index (χ1v) is 8.04. The average molecular weight is 304 g/mol. The van der Waals surface area contributed by atoms with Crippen molar-refractivity contribution < 1.29 is 4.79 Å². The third kappa shape index (κ3) is 2.48. The minimum atomic E-state index is 0.0815. The van der Waals surface area contributed by atoms with E-state index < -0.39 is 0 Å². The van der Waals surface area contributed by atoms with Gasteiger partial charge in [0.05, 0.1) is 22.4 Å². The van der Waals surface area contributed by atoms with Gasteiger partial charge in [-0.1, -0.05) is 0 Å². The molecule has 3 heterocycles. The molecule has 3 rings (SSSR count). The van der Waals surface area contributed by atoms with Crippen molar-refractivity contribution in [2.45, 2.75) is 39.7 Å². The van der Waals surface area contributed by atoms with Crippen LogP contribution in [0.5, 0.6) is 0 Å². The fourth-order valence-corrected chi connectivity index (χ4v) is 3.96. The summed E-state index contributed by atoms with van der Waals surface area (Å²) in [6.45, 7) is 6.64. The van der Waals surface area contributed by atoms with E-state index in [1.807, 2.05) is 43.5 Å². The molecule has 2 aromatic rings. The lowest BCUT2D eigenvalue weighted by molar-refractivity contribution is 0.0732. The molecule has 0 bridgehead atoms. The van der Waals surface area contributed by atoms with Crippen molar-refractivity contribution in [1.29, 1.82) is 0 Å². The standard InChI is InChI=1S/C15H20N4OS/c1-9-8-18(4)14(16-9)12-6-5-7-19(12)15(20)13-10(2)17-11(3)21-13/h8,12H,5-7H2,1-4H3/t12-/m0/s1. The molecule has 1 fully saturated rings. The molecule has 1 saturated heterocycles. The van der Waals surface area contributed by atoms with Gasteiger partial charge in [-0.05, 0) is 33.6 Å². The van der Waals surface area contributed by atoms with Crippen molar-refractivity contribution >= 4 is 17.2 Å². The number of likely N-dealkylation sites (tertiary alicyclic amines) is 1. The van der Waals surface area contributed by atoms with Crippen molar-refractivity contribution in [3.8, 4) is 0 Å². The predicted molar refractivity (Wildman–Crippen MR) is 82.5 cm³/mol. The minimum absolute atomic E-state index is 0.0815. The van der Waals surface area contributed by atoms with Crippen LogP contribution >= 0.6 is 11.3 Å². The third-order valence-electron chi connectivity index (χ3n) is 3.94. The van der Waals surface area contributed by atoms with Crippen LogP contribution in [0.3, 0.4) is 0 Å². The highest BCUT2D eigenvalue weighted by Gasteiger charge is 2.34. The van der Waals surface area contributed by atoms with E-state index in [2.05, 4.69) is 9.97 Å². The molecule has 6 heteroatoms. The molecule has 0 aliphatic carbocycles. The van der Waals surface area contributed by atoms with E-state index in [1.54, 1.807) is 0 Å². The van der Waals surface area contributed by atoms with Crippen molar-refractivity contribution in [3.63, 3.8) is 0 Å². The van der Waals surface area contributed by atoms with Gasteiger partial charge in [0.2, 0.25) is 0 Å². The lowest BCUT2D eigenvalue weighted by Gasteiger charge is -2.24. The first kappa shape index (κ1) is 14.3. The number of carbonyl (C=O) groups is 1. The van der Waals surface area contributed by atoms with Crippen molar-refractivity contribution in [3.05, 3.63) is 33.3 Å². The number of thiazole rings is 1. The van der Waals surface area contributed by atoms with Crippen molar-refractivity contribution in [2.24, 2.45) is 7.05 Å². The van der Waals surface area contributed by atoms with Crippen LogP contribution < -0.4 is 0 Å². The molecule has 0 spiro atoms. The summed E-state index contributed by atoms with van der Waals surface area (Å²) in [6, 6.07) is 0.0815. The predicted octanol–water partition coefficient (Wildman–Crippen LogP) is 2.78. The summed E-state index contributed by atoms with van der Waals surface area (Å²) in [5, 5.41) is 0.944. The third-order valence-corrected chi connectivity index (χ3v) is 5.00. The molecule has 0 radical (unpaired) electrons. The molecule has 112 valence electrons. The van der Waals surface area contributed by atoms with Gasteiger partial charge in [-0.3, -0.25) is 4.79 Å². The largest absolute Gasteiger partial charge is 0.336 e. The van der Waals surface area contributed by atoms with E-state index in [0.29, 0.717) is 0 Å². The maximum absolute atomic E-state index is 12.8. The van der Waals surface area contributed by atoms with Crippen LogP contribution in [0.4, 0.5) is 0 Å². The molecule has 1 amide bonds. The fraction of sp³-hybridized carbons (Fsp3) is 0.533. The molecule has 0 saturated carbocycles. The summed E-state index contributed by atoms with van der Waals surface area (Å²) in [4.78, 5) is 24.5. The molecule has 0 unspecified atom stereocenters. The van der Waals surface area contributed by atoms with Crippen LogP contribution in [0.15, 0.2) is 6.20 Å². The molecule has 1 aliphatic heterocycles. The highest BCUT2D eigenvalue weighted by molar-refractivity contribution is 7.13. The highest BCUT2D eigenvalue weighted by atomic mass is 32.1. The summed E-state index contributed by atoms with van der Waals surface area (Å²) >= 11 is 1.49. The van der Waals surface area contributed by atoms with Crippen LogP contribution in [0.1, 0.15) is 50.8 Å². The number of hydrogen-bond donors (Lipinski definition) is 0. The molecule has 1 aliphatic rings. The summed E-state index contributed by atoms with van der Waals surface area (Å²) in [7, 11) is 2.00. The molecule has 0 aromatic carbocycles. The Morgan fingerprint density at radius 1 is 1.33 bits per heavy atom. The van der Waals surface area contributed by atoms with E-state index in [4.69, 9.17) is 0 Å². The van der Waals surface area contributed by atoms with Gasteiger partial charge in [0.15, 0.2) is 0 Å². The molecule has 2 aromatic heterocycles. The number of hydrogen-bond acceptors (Lipinski definition) is 4. The van der Waals surface area contributed by atoms with E-state index in [1.165, 1.54) is 11.3 Å². The van der Waals surface area contributed by atoms with Crippen molar-refractivity contribution in [1.82, 2.24) is 19.4 Å². The lowest BCUT2D eigenvalue weighted by atomic mass is 10.2. The molecular formula is C15H20N4OS. The van der Waals surface area contributed by atoms with E-state index in [-0.39, 0.29) is 11.9 Å². The SMILES string of the molecule is Cc1cn(C)c([C@@H]2CCCN2C(=O)c2sc(C)nc2C)n1. The number of aromatic nitrogens is 3. The van der Waals surface area contributed by atoms with E-state index >= 15 is 0 Å². The topological polar surface area (TPSA) is 51.0 Å². The van der Waals surface area contributed by atoms with Gasteiger partial charge in [-0.15, -0.1) is 11.3 Å². The zero-order valence-corrected chi connectivity index (χ0v) is 13.7. The number of carbonyl (C=O) groups excluding carboxylic acids is 1. The van der Waals surface area contributed by atoms with Crippen LogP contribution in [0, 0.1) is 20.8 Å². The summed E-state index contributed by atoms with van der Waals surface area (Å²) in [5.74, 6) is 1.08. The maximum atomic E-state index is 12.8. The van der Waals surface area contributed by atoms with Gasteiger partial charge in [0.1, 0.15) is 10.7 Å². The lowest BCUT2D eigenvalue weighted by Crippen LogP contribution is -2.31. The maximum Gasteiger partial charge on any atom is 0.266 e. The highest BCUT2D eigenvalue weighted by Crippen LogP contribution is 2.33. The molecular weight excluding hydrogens is 284 g/mol. The zero-order valence-electron chi connectivity index (χ0n) is 12.9. The molecule has 21 heavy (non-hydrogen) atoms. The quantitative estimate of drug-likeness (QED) is 0.857. The van der Waals surface area contributed by atoms with Gasteiger partial charge in [-0.25, -0.2) is 9.97 Å². The minimum Gasteiger partial charge on any atom is -0.336 e. The number of imidazole rings is 1. The van der Waals surface area contributed by atoms with Crippen LogP contribution in [0.25, 0.3) is 0 Å². The second-order valence-electron chi connectivity index (χ2n) is 5.66. The average Bonchev–Trinajstić information content (AvgIpc) is 3.08. The first-order valence-electron chi connectivity index (χ1n) is 7.22. The van der Waals surface area contributed by atoms with Crippen LogP contribution in [0.2, 0.25) is 0 Å². The fourth-order valence-electron chi connectivity index (χ4n) is 3.08. The Bertz CT molecular complexity index is 688. The molecule has 5 nitrogen and oxygen atoms in total. The van der Waals surface area contributed by atoms with Crippen LogP contribution in [-0.2, 0) is 7.05 Å². The number of nitrogens with zero attached hydrogens (tertiary/aromatic N) is 4. The Hall–Kier alpha value is -1.69. The monoisotopic (exact) mass is 304 g/mol. The molecule has 1 atom stereocenters. The number of amides is 1. The molecule has 0 N–H and O–H groups in total. The van der Waals surface area contributed by atoms with Crippen LogP contribution in [-0.4, -0.2) is 31.9 Å². The van der Waals surface area contributed by atoms with E-state index in [0.717, 1.165) is 46.5 Å². The number of rotatable bonds is 2. The number of aryl methyl sites for hydroxylation is 4. The Morgan fingerprint density at radius 2 is 2.10 bits per heavy atom. The van der Waals surface area contributed by atoms with Gasteiger partial charge in [0, 0.05) is 19.8 Å². The smallest absolute Gasteiger partial charge is 0.266 e. The second kappa shape index (κ2) is 5.26. The van der Waals surface area contributed by atoms with Gasteiger partial charge in [-0.2, -0.15) is 0 Å². The Kier molecular flexibility index (Phi) is 3.57. The summed E-state index contributed by atoms with van der Waals surface area (Å²) in [5.41, 5.74) is 1.83.